The summed E-state index contributed by atoms with van der Waals surface area (Å²) in [5, 5.41) is 12.9. The van der Waals surface area contributed by atoms with Gasteiger partial charge in [-0.2, -0.15) is 0 Å². The van der Waals surface area contributed by atoms with Gasteiger partial charge in [0.1, 0.15) is 5.75 Å². The Morgan fingerprint density at radius 3 is 2.72 bits per heavy atom. The van der Waals surface area contributed by atoms with Crippen molar-refractivity contribution < 1.29 is 9.90 Å². The minimum Gasteiger partial charge on any atom is -0.508 e. The van der Waals surface area contributed by atoms with Crippen molar-refractivity contribution in [2.45, 2.75) is 29.6 Å². The molecule has 3 aromatic carbocycles. The molecule has 0 bridgehead atoms. The molecule has 0 spiro atoms. The smallest absolute Gasteiger partial charge is 0.251 e. The Labute approximate surface area is 174 Å². The van der Waals surface area contributed by atoms with Crippen LogP contribution in [0.5, 0.6) is 5.75 Å². The predicted octanol–water partition coefficient (Wildman–Crippen LogP) is 5.56. The number of carbonyl (C=O) groups excluding carboxylic acids is 1. The van der Waals surface area contributed by atoms with Crippen LogP contribution in [0.15, 0.2) is 81.5 Å². The van der Waals surface area contributed by atoms with Crippen LogP contribution in [0.2, 0.25) is 0 Å². The minimum atomic E-state index is -0.0814. The van der Waals surface area contributed by atoms with Crippen LogP contribution < -0.4 is 5.32 Å². The molecule has 0 radical (unpaired) electrons. The highest BCUT2D eigenvalue weighted by atomic mass is 32.2. The van der Waals surface area contributed by atoms with E-state index in [0.717, 1.165) is 45.2 Å². The molecule has 0 saturated carbocycles. The zero-order valence-electron chi connectivity index (χ0n) is 16.2. The minimum absolute atomic E-state index is 0.0814. The van der Waals surface area contributed by atoms with Gasteiger partial charge in [-0.1, -0.05) is 55.4 Å². The second kappa shape index (κ2) is 8.53. The number of aliphatic imine (C=N–C) groups is 1. The van der Waals surface area contributed by atoms with E-state index in [0.29, 0.717) is 12.1 Å². The number of amides is 1. The van der Waals surface area contributed by atoms with Gasteiger partial charge in [0.2, 0.25) is 0 Å². The van der Waals surface area contributed by atoms with Gasteiger partial charge in [0.25, 0.3) is 5.91 Å². The number of benzene rings is 3. The first-order valence-electron chi connectivity index (χ1n) is 9.73. The third kappa shape index (κ3) is 4.20. The summed E-state index contributed by atoms with van der Waals surface area (Å²) < 4.78 is 0. The van der Waals surface area contributed by atoms with Gasteiger partial charge in [-0.15, -0.1) is 0 Å². The molecule has 1 aliphatic rings. The molecule has 0 saturated heterocycles. The Balaban J connectivity index is 1.79. The number of unbranched alkanes of at least 4 members (excludes halogenated alkanes) is 1. The number of phenols is 1. The van der Waals surface area contributed by atoms with Crippen LogP contribution in [-0.2, 0) is 0 Å². The van der Waals surface area contributed by atoms with E-state index < -0.39 is 0 Å². The van der Waals surface area contributed by atoms with Gasteiger partial charge in [-0.3, -0.25) is 4.79 Å². The molecule has 29 heavy (non-hydrogen) atoms. The van der Waals surface area contributed by atoms with E-state index in [-0.39, 0.29) is 11.7 Å². The number of phenolic OH excluding ortho intramolecular Hbond substituents is 1. The Kier molecular flexibility index (Phi) is 5.67. The van der Waals surface area contributed by atoms with Gasteiger partial charge in [0, 0.05) is 33.0 Å². The molecule has 4 rings (SSSR count). The molecular formula is C24H22N2O2S. The third-order valence-corrected chi connectivity index (χ3v) is 5.89. The van der Waals surface area contributed by atoms with E-state index in [9.17, 15) is 9.90 Å². The largest absolute Gasteiger partial charge is 0.508 e. The predicted molar refractivity (Wildman–Crippen MR) is 118 cm³/mol. The molecule has 5 heteroatoms. The average Bonchev–Trinajstić information content (AvgIpc) is 2.90. The van der Waals surface area contributed by atoms with Gasteiger partial charge in [-0.25, -0.2) is 4.99 Å². The van der Waals surface area contributed by atoms with E-state index in [4.69, 9.17) is 4.99 Å². The highest BCUT2D eigenvalue weighted by molar-refractivity contribution is 7.99. The fourth-order valence-corrected chi connectivity index (χ4v) is 4.24. The topological polar surface area (TPSA) is 61.7 Å². The number of hydrogen-bond acceptors (Lipinski definition) is 4. The zero-order valence-corrected chi connectivity index (χ0v) is 17.0. The Bertz CT molecular complexity index is 1090. The third-order valence-electron chi connectivity index (χ3n) is 4.75. The van der Waals surface area contributed by atoms with Crippen LogP contribution in [0.4, 0.5) is 5.69 Å². The highest BCUT2D eigenvalue weighted by Crippen LogP contribution is 2.41. The van der Waals surface area contributed by atoms with Crippen molar-refractivity contribution in [1.29, 1.82) is 0 Å². The molecule has 0 aromatic heterocycles. The molecule has 0 atom stereocenters. The first-order valence-corrected chi connectivity index (χ1v) is 10.5. The molecule has 2 N–H and O–H groups in total. The molecule has 1 amide bonds. The summed E-state index contributed by atoms with van der Waals surface area (Å²) in [7, 11) is 0. The van der Waals surface area contributed by atoms with Gasteiger partial charge in [0.15, 0.2) is 0 Å². The number of hydrogen-bond donors (Lipinski definition) is 2. The lowest BCUT2D eigenvalue weighted by Crippen LogP contribution is -2.24. The summed E-state index contributed by atoms with van der Waals surface area (Å²) >= 11 is 1.64. The molecule has 1 aliphatic heterocycles. The maximum atomic E-state index is 12.5. The number of rotatable bonds is 5. The van der Waals surface area contributed by atoms with Crippen LogP contribution in [0.3, 0.4) is 0 Å². The quantitative estimate of drug-likeness (QED) is 0.430. The lowest BCUT2D eigenvalue weighted by molar-refractivity contribution is 0.0953. The molecule has 0 aliphatic carbocycles. The SMILES string of the molecule is CCCCNC(=O)c1ccc2c(c1)N=C(c1cccc(O)c1)c1ccccc1S2. The molecule has 1 heterocycles. The van der Waals surface area contributed by atoms with Crippen molar-refractivity contribution in [2.75, 3.05) is 6.54 Å². The number of nitrogens with zero attached hydrogens (tertiary/aromatic N) is 1. The van der Waals surface area contributed by atoms with E-state index >= 15 is 0 Å². The van der Waals surface area contributed by atoms with Crippen molar-refractivity contribution in [3.8, 4) is 5.75 Å². The monoisotopic (exact) mass is 402 g/mol. The molecule has 3 aromatic rings. The fourth-order valence-electron chi connectivity index (χ4n) is 3.24. The summed E-state index contributed by atoms with van der Waals surface area (Å²) in [5.41, 5.74) is 3.99. The molecule has 0 fully saturated rings. The standard InChI is InChI=1S/C24H22N2O2S/c1-2-3-13-25-24(28)17-11-12-22-20(15-17)26-23(16-7-6-8-18(27)14-16)19-9-4-5-10-21(19)29-22/h4-12,14-15,27H,2-3,13H2,1H3,(H,25,28). The zero-order chi connectivity index (χ0) is 20.2. The summed E-state index contributed by atoms with van der Waals surface area (Å²) in [5.74, 6) is 0.117. The number of aromatic hydroxyl groups is 1. The van der Waals surface area contributed by atoms with E-state index in [1.165, 1.54) is 0 Å². The Hall–Kier alpha value is -3.05. The second-order valence-electron chi connectivity index (χ2n) is 6.90. The van der Waals surface area contributed by atoms with Crippen molar-refractivity contribution in [1.82, 2.24) is 5.32 Å². The molecule has 0 unspecified atom stereocenters. The van der Waals surface area contributed by atoms with Crippen molar-refractivity contribution >= 4 is 29.1 Å². The maximum absolute atomic E-state index is 12.5. The summed E-state index contributed by atoms with van der Waals surface area (Å²) in [4.78, 5) is 19.5. The van der Waals surface area contributed by atoms with E-state index in [1.54, 1.807) is 23.9 Å². The number of nitrogens with one attached hydrogen (secondary N) is 1. The van der Waals surface area contributed by atoms with Crippen molar-refractivity contribution in [2.24, 2.45) is 4.99 Å². The maximum Gasteiger partial charge on any atom is 0.251 e. The lowest BCUT2D eigenvalue weighted by atomic mass is 10.0. The normalized spacial score (nSPS) is 12.4. The first kappa shape index (κ1) is 19.3. The second-order valence-corrected chi connectivity index (χ2v) is 7.98. The Morgan fingerprint density at radius 2 is 1.90 bits per heavy atom. The Morgan fingerprint density at radius 1 is 1.03 bits per heavy atom. The van der Waals surface area contributed by atoms with Gasteiger partial charge in [-0.05, 0) is 42.8 Å². The molecule has 146 valence electrons. The summed E-state index contributed by atoms with van der Waals surface area (Å²) in [6.45, 7) is 2.77. The van der Waals surface area contributed by atoms with Gasteiger partial charge < -0.3 is 10.4 Å². The van der Waals surface area contributed by atoms with Crippen LogP contribution in [0.1, 0.15) is 41.3 Å². The summed E-state index contributed by atoms with van der Waals surface area (Å²) in [6.07, 6.45) is 2.00. The van der Waals surface area contributed by atoms with Crippen LogP contribution >= 0.6 is 11.8 Å². The van der Waals surface area contributed by atoms with Crippen LogP contribution in [-0.4, -0.2) is 23.3 Å². The molecule has 4 nitrogen and oxygen atoms in total. The van der Waals surface area contributed by atoms with Crippen molar-refractivity contribution in [3.63, 3.8) is 0 Å². The average molecular weight is 403 g/mol. The van der Waals surface area contributed by atoms with Crippen LogP contribution in [0, 0.1) is 0 Å². The van der Waals surface area contributed by atoms with E-state index in [1.807, 2.05) is 48.5 Å². The van der Waals surface area contributed by atoms with Crippen LogP contribution in [0.25, 0.3) is 0 Å². The fraction of sp³-hybridized carbons (Fsp3) is 0.167. The number of fused-ring (bicyclic) bond motifs is 2. The summed E-state index contributed by atoms with van der Waals surface area (Å²) in [6, 6.07) is 20.9. The van der Waals surface area contributed by atoms with Gasteiger partial charge in [0.05, 0.1) is 11.4 Å². The van der Waals surface area contributed by atoms with Crippen molar-refractivity contribution in [3.05, 3.63) is 83.4 Å². The first-order chi connectivity index (χ1) is 14.2. The van der Waals surface area contributed by atoms with Gasteiger partial charge >= 0.3 is 0 Å². The van der Waals surface area contributed by atoms with E-state index in [2.05, 4.69) is 18.3 Å². The number of carbonyl (C=O) groups is 1. The molecular weight excluding hydrogens is 380 g/mol. The lowest BCUT2D eigenvalue weighted by Gasteiger charge is -2.09. The highest BCUT2D eigenvalue weighted by Gasteiger charge is 2.20.